The van der Waals surface area contributed by atoms with Gasteiger partial charge in [-0.3, -0.25) is 9.78 Å². The fourth-order valence-electron chi connectivity index (χ4n) is 3.53. The summed E-state index contributed by atoms with van der Waals surface area (Å²) < 4.78 is 24.5. The molecule has 178 valence electrons. The number of benzene rings is 2. The van der Waals surface area contributed by atoms with Gasteiger partial charge in [0.15, 0.2) is 0 Å². The Labute approximate surface area is 207 Å². The van der Waals surface area contributed by atoms with Crippen LogP contribution in [0.3, 0.4) is 0 Å². The van der Waals surface area contributed by atoms with Gasteiger partial charge in [0.05, 0.1) is 28.9 Å². The molecule has 2 heterocycles. The summed E-state index contributed by atoms with van der Waals surface area (Å²) in [5.74, 6) is -0.641. The molecule has 2 amide bonds. The molecule has 0 saturated carbocycles. The number of para-hydroxylation sites is 1. The monoisotopic (exact) mass is 505 g/mol. The maximum atomic E-state index is 13.4. The van der Waals surface area contributed by atoms with Crippen molar-refractivity contribution in [2.75, 3.05) is 11.9 Å². The summed E-state index contributed by atoms with van der Waals surface area (Å²) in [4.78, 5) is 29.5. The molecule has 0 radical (unpaired) electrons. The van der Waals surface area contributed by atoms with E-state index in [9.17, 15) is 14.0 Å². The number of alkyl carbamates (subject to hydrolysis) is 1. The number of aromatic nitrogens is 1. The third kappa shape index (κ3) is 5.95. The number of hydrogen-bond acceptors (Lipinski definition) is 5. The molecule has 0 aliphatic carbocycles. The maximum Gasteiger partial charge on any atom is 0.408 e. The van der Waals surface area contributed by atoms with Gasteiger partial charge in [-0.15, -0.1) is 12.4 Å². The van der Waals surface area contributed by atoms with E-state index < -0.39 is 17.8 Å². The van der Waals surface area contributed by atoms with Crippen LogP contribution in [0.25, 0.3) is 0 Å². The Hall–Kier alpha value is -3.36. The Kier molecular flexibility index (Phi) is 8.31. The van der Waals surface area contributed by atoms with E-state index >= 15 is 0 Å². The lowest BCUT2D eigenvalue weighted by Gasteiger charge is -2.27. The lowest BCUT2D eigenvalue weighted by atomic mass is 9.97. The Morgan fingerprint density at radius 2 is 2.00 bits per heavy atom. The van der Waals surface area contributed by atoms with Crippen LogP contribution in [0.1, 0.15) is 39.8 Å². The van der Waals surface area contributed by atoms with Gasteiger partial charge in [-0.25, -0.2) is 9.18 Å². The highest BCUT2D eigenvalue weighted by atomic mass is 35.5. The molecular weight excluding hydrogens is 484 g/mol. The predicted octanol–water partition coefficient (Wildman–Crippen LogP) is 5.61. The first-order chi connectivity index (χ1) is 15.9. The topological polar surface area (TPSA) is 89.5 Å². The van der Waals surface area contributed by atoms with Crippen LogP contribution >= 0.6 is 24.0 Å². The smallest absolute Gasteiger partial charge is 0.408 e. The average Bonchev–Trinajstić information content (AvgIpc) is 2.80. The van der Waals surface area contributed by atoms with Crippen LogP contribution in [0.4, 0.5) is 14.9 Å². The highest BCUT2D eigenvalue weighted by Crippen LogP contribution is 2.35. The van der Waals surface area contributed by atoms with E-state index in [1.165, 1.54) is 18.2 Å². The van der Waals surface area contributed by atoms with Crippen LogP contribution in [0.2, 0.25) is 5.02 Å². The number of rotatable bonds is 5. The van der Waals surface area contributed by atoms with Crippen molar-refractivity contribution in [3.63, 3.8) is 0 Å². The van der Waals surface area contributed by atoms with Gasteiger partial charge in [0.2, 0.25) is 0 Å². The summed E-state index contributed by atoms with van der Waals surface area (Å²) in [7, 11) is 0. The van der Waals surface area contributed by atoms with Crippen LogP contribution in [0.5, 0.6) is 5.75 Å². The van der Waals surface area contributed by atoms with Gasteiger partial charge >= 0.3 is 6.09 Å². The second-order valence-corrected chi connectivity index (χ2v) is 7.89. The second-order valence-electron chi connectivity index (χ2n) is 7.49. The number of hydrogen-bond donors (Lipinski definition) is 2. The van der Waals surface area contributed by atoms with Crippen LogP contribution < -0.4 is 15.4 Å². The minimum atomic E-state index is -0.591. The fraction of sp³-hybridized carbons (Fsp3) is 0.208. The van der Waals surface area contributed by atoms with Crippen LogP contribution in [0.15, 0.2) is 54.6 Å². The lowest BCUT2D eigenvalue weighted by molar-refractivity contribution is 0.102. The van der Waals surface area contributed by atoms with Gasteiger partial charge in [0.25, 0.3) is 5.91 Å². The van der Waals surface area contributed by atoms with Gasteiger partial charge in [0.1, 0.15) is 18.2 Å². The molecule has 10 heteroatoms. The van der Waals surface area contributed by atoms with Gasteiger partial charge in [0, 0.05) is 23.4 Å². The first-order valence-electron chi connectivity index (χ1n) is 10.3. The molecule has 2 aromatic carbocycles. The zero-order chi connectivity index (χ0) is 23.4. The molecule has 0 unspecified atom stereocenters. The minimum Gasteiger partial charge on any atom is -0.492 e. The number of pyridine rings is 1. The van der Waals surface area contributed by atoms with Crippen molar-refractivity contribution in [1.29, 1.82) is 0 Å². The summed E-state index contributed by atoms with van der Waals surface area (Å²) in [5.41, 5.74) is 2.79. The summed E-state index contributed by atoms with van der Waals surface area (Å²) in [6, 6.07) is 14.1. The number of anilines is 1. The van der Waals surface area contributed by atoms with E-state index in [1.807, 2.05) is 19.1 Å². The summed E-state index contributed by atoms with van der Waals surface area (Å²) in [5, 5.41) is 5.42. The van der Waals surface area contributed by atoms with Crippen LogP contribution in [-0.2, 0) is 11.3 Å². The van der Waals surface area contributed by atoms with E-state index in [2.05, 4.69) is 15.6 Å². The normalized spacial score (nSPS) is 14.1. The molecular formula is C24H22Cl2FN3O4. The number of carbonyl (C=O) groups excluding carboxylic acids is 2. The molecule has 3 aromatic rings. The Morgan fingerprint density at radius 3 is 2.76 bits per heavy atom. The maximum absolute atomic E-state index is 13.4. The van der Waals surface area contributed by atoms with Crippen molar-refractivity contribution in [2.45, 2.75) is 26.0 Å². The van der Waals surface area contributed by atoms with Crippen molar-refractivity contribution in [3.8, 4) is 5.75 Å². The summed E-state index contributed by atoms with van der Waals surface area (Å²) in [6.45, 7) is 2.22. The van der Waals surface area contributed by atoms with Crippen molar-refractivity contribution < 1.29 is 23.5 Å². The Morgan fingerprint density at radius 1 is 1.21 bits per heavy atom. The molecule has 0 fully saturated rings. The molecule has 4 rings (SSSR count). The number of halogens is 3. The quantitative estimate of drug-likeness (QED) is 0.470. The molecule has 1 aliphatic rings. The standard InChI is InChI=1S/C24H21ClFN3O4.ClH/c1-14-4-2-5-16(27-14)13-33-24(31)29-21-10-11-32-22-17(21)6-3-7-18(22)23(30)28-15-8-9-20(26)19(25)12-15;/h2-9,12,21H,10-11,13H2,1H3,(H,28,30)(H,29,31);1H/t21-;/m0./s1. The third-order valence-corrected chi connectivity index (χ3v) is 5.37. The first kappa shape index (κ1) is 25.3. The second kappa shape index (κ2) is 11.2. The molecule has 34 heavy (non-hydrogen) atoms. The zero-order valence-electron chi connectivity index (χ0n) is 18.1. The van der Waals surface area contributed by atoms with Crippen LogP contribution in [-0.4, -0.2) is 23.6 Å². The number of amides is 2. The van der Waals surface area contributed by atoms with E-state index in [0.717, 1.165) is 5.69 Å². The molecule has 1 atom stereocenters. The molecule has 0 bridgehead atoms. The highest BCUT2D eigenvalue weighted by molar-refractivity contribution is 6.31. The molecule has 0 spiro atoms. The van der Waals surface area contributed by atoms with E-state index in [0.29, 0.717) is 35.7 Å². The number of ether oxygens (including phenoxy) is 2. The number of aryl methyl sites for hydroxylation is 1. The number of fused-ring (bicyclic) bond motifs is 1. The number of nitrogens with one attached hydrogen (secondary N) is 2. The van der Waals surface area contributed by atoms with Crippen LogP contribution in [0, 0.1) is 12.7 Å². The van der Waals surface area contributed by atoms with Gasteiger partial charge in [-0.2, -0.15) is 0 Å². The Bertz CT molecular complexity index is 1210. The number of carbonyl (C=O) groups is 2. The van der Waals surface area contributed by atoms with Gasteiger partial charge in [-0.05, 0) is 43.3 Å². The molecule has 0 saturated heterocycles. The number of nitrogens with zero attached hydrogens (tertiary/aromatic N) is 1. The molecule has 1 aliphatic heterocycles. The highest BCUT2D eigenvalue weighted by Gasteiger charge is 2.27. The van der Waals surface area contributed by atoms with Crippen molar-refractivity contribution in [2.24, 2.45) is 0 Å². The zero-order valence-corrected chi connectivity index (χ0v) is 19.7. The van der Waals surface area contributed by atoms with E-state index in [4.69, 9.17) is 21.1 Å². The fourth-order valence-corrected chi connectivity index (χ4v) is 3.71. The van der Waals surface area contributed by atoms with Crippen molar-refractivity contribution in [3.05, 3.63) is 88.0 Å². The average molecular weight is 506 g/mol. The van der Waals surface area contributed by atoms with E-state index in [1.54, 1.807) is 24.3 Å². The summed E-state index contributed by atoms with van der Waals surface area (Å²) in [6.07, 6.45) is -0.0735. The minimum absolute atomic E-state index is 0. The van der Waals surface area contributed by atoms with Gasteiger partial charge in [-0.1, -0.05) is 29.8 Å². The van der Waals surface area contributed by atoms with Crippen molar-refractivity contribution >= 4 is 41.7 Å². The molecule has 7 nitrogen and oxygen atoms in total. The van der Waals surface area contributed by atoms with Crippen molar-refractivity contribution in [1.82, 2.24) is 10.3 Å². The summed E-state index contributed by atoms with van der Waals surface area (Å²) >= 11 is 5.79. The largest absolute Gasteiger partial charge is 0.492 e. The molecule has 1 aromatic heterocycles. The van der Waals surface area contributed by atoms with Gasteiger partial charge < -0.3 is 20.1 Å². The Balaban J connectivity index is 0.00000324. The SMILES string of the molecule is Cc1cccc(COC(=O)N[C@H]2CCOc3c(C(=O)Nc4ccc(F)c(Cl)c4)cccc32)n1.Cl. The molecule has 2 N–H and O–H groups in total. The third-order valence-electron chi connectivity index (χ3n) is 5.09. The van der Waals surface area contributed by atoms with E-state index in [-0.39, 0.29) is 35.6 Å². The lowest BCUT2D eigenvalue weighted by Crippen LogP contribution is -2.33. The predicted molar refractivity (Wildman–Crippen MR) is 128 cm³/mol. The first-order valence-corrected chi connectivity index (χ1v) is 10.7.